The lowest BCUT2D eigenvalue weighted by Crippen LogP contribution is -2.02. The predicted molar refractivity (Wildman–Crippen MR) is 102 cm³/mol. The molecule has 0 spiro atoms. The van der Waals surface area contributed by atoms with Crippen LogP contribution in [0.5, 0.6) is 23.3 Å². The maximum atomic E-state index is 10.6. The first kappa shape index (κ1) is 18.3. The molecule has 0 aliphatic heterocycles. The summed E-state index contributed by atoms with van der Waals surface area (Å²) in [6.07, 6.45) is 0. The van der Waals surface area contributed by atoms with Gasteiger partial charge in [-0.3, -0.25) is 4.57 Å². The highest BCUT2D eigenvalue weighted by Gasteiger charge is 2.19. The van der Waals surface area contributed by atoms with Crippen molar-refractivity contribution < 1.29 is 19.7 Å². The Balaban J connectivity index is 2.05. The first-order valence-electron chi connectivity index (χ1n) is 7.72. The van der Waals surface area contributed by atoms with E-state index in [4.69, 9.17) is 32.7 Å². The van der Waals surface area contributed by atoms with Crippen molar-refractivity contribution in [3.63, 3.8) is 0 Å². The highest BCUT2D eigenvalue weighted by molar-refractivity contribution is 6.35. The molecule has 0 aliphatic carbocycles. The minimum Gasteiger partial charge on any atom is -0.494 e. The molecule has 136 valence electrons. The van der Waals surface area contributed by atoms with Crippen molar-refractivity contribution in [2.45, 2.75) is 6.54 Å². The van der Waals surface area contributed by atoms with E-state index in [0.29, 0.717) is 32.7 Å². The van der Waals surface area contributed by atoms with E-state index >= 15 is 0 Å². The zero-order chi connectivity index (χ0) is 18.8. The summed E-state index contributed by atoms with van der Waals surface area (Å²) >= 11 is 12.1. The summed E-state index contributed by atoms with van der Waals surface area (Å²) in [5.74, 6) is 0.900. The third-order valence-corrected chi connectivity index (χ3v) is 4.47. The van der Waals surface area contributed by atoms with Crippen LogP contribution < -0.4 is 9.47 Å². The van der Waals surface area contributed by atoms with Crippen LogP contribution in [0.3, 0.4) is 0 Å². The quantitative estimate of drug-likeness (QED) is 0.644. The van der Waals surface area contributed by atoms with Gasteiger partial charge in [-0.1, -0.05) is 35.3 Å². The van der Waals surface area contributed by atoms with Gasteiger partial charge < -0.3 is 19.7 Å². The van der Waals surface area contributed by atoms with Gasteiger partial charge in [-0.25, -0.2) is 0 Å². The summed E-state index contributed by atoms with van der Waals surface area (Å²) in [7, 11) is 3.09. The van der Waals surface area contributed by atoms with Crippen LogP contribution in [0.2, 0.25) is 10.0 Å². The number of nitrogens with zero attached hydrogens (tertiary/aromatic N) is 1. The van der Waals surface area contributed by atoms with Crippen LogP contribution in [0.15, 0.2) is 42.5 Å². The molecule has 7 heteroatoms. The van der Waals surface area contributed by atoms with Crippen LogP contribution in [-0.4, -0.2) is 29.0 Å². The van der Waals surface area contributed by atoms with Crippen molar-refractivity contribution in [2.75, 3.05) is 14.2 Å². The SMILES string of the molecule is COc1cccc(Cn2c(O)cc(-c3cc(Cl)cc(Cl)c3)c2O)c1OC. The zero-order valence-electron chi connectivity index (χ0n) is 14.2. The molecular weight excluding hydrogens is 377 g/mol. The van der Waals surface area contributed by atoms with Gasteiger partial charge in [0.2, 0.25) is 5.88 Å². The molecule has 0 unspecified atom stereocenters. The van der Waals surface area contributed by atoms with Gasteiger partial charge in [-0.15, -0.1) is 0 Å². The number of hydrogen-bond acceptors (Lipinski definition) is 4. The van der Waals surface area contributed by atoms with E-state index in [1.54, 1.807) is 31.4 Å². The molecule has 0 saturated heterocycles. The third kappa shape index (κ3) is 3.41. The van der Waals surface area contributed by atoms with E-state index in [0.717, 1.165) is 5.56 Å². The first-order valence-corrected chi connectivity index (χ1v) is 8.48. The molecule has 0 amide bonds. The van der Waals surface area contributed by atoms with Gasteiger partial charge in [0.05, 0.1) is 20.8 Å². The topological polar surface area (TPSA) is 63.9 Å². The lowest BCUT2D eigenvalue weighted by atomic mass is 10.1. The average molecular weight is 394 g/mol. The van der Waals surface area contributed by atoms with Gasteiger partial charge in [-0.2, -0.15) is 0 Å². The Bertz CT molecular complexity index is 933. The highest BCUT2D eigenvalue weighted by Crippen LogP contribution is 2.40. The van der Waals surface area contributed by atoms with Crippen molar-refractivity contribution in [1.29, 1.82) is 0 Å². The van der Waals surface area contributed by atoms with Crippen molar-refractivity contribution >= 4 is 23.2 Å². The van der Waals surface area contributed by atoms with Gasteiger partial charge in [0.25, 0.3) is 0 Å². The Kier molecular flexibility index (Phi) is 5.20. The van der Waals surface area contributed by atoms with E-state index in [9.17, 15) is 10.2 Å². The molecule has 26 heavy (non-hydrogen) atoms. The standard InChI is InChI=1S/C19H17Cl2NO4/c1-25-16-5-3-4-11(18(16)26-2)10-22-17(23)9-15(19(22)24)12-6-13(20)8-14(21)7-12/h3-9,23-24H,10H2,1-2H3. The Morgan fingerprint density at radius 2 is 1.65 bits per heavy atom. The third-order valence-electron chi connectivity index (χ3n) is 4.03. The number of aromatic hydroxyl groups is 2. The van der Waals surface area contributed by atoms with Gasteiger partial charge >= 0.3 is 0 Å². The Labute approximate surface area is 160 Å². The number of ether oxygens (including phenoxy) is 2. The lowest BCUT2D eigenvalue weighted by Gasteiger charge is -2.14. The van der Waals surface area contributed by atoms with E-state index in [1.165, 1.54) is 17.7 Å². The molecule has 1 aromatic heterocycles. The van der Waals surface area contributed by atoms with Gasteiger partial charge in [-0.05, 0) is 29.8 Å². The van der Waals surface area contributed by atoms with Crippen LogP contribution in [0.4, 0.5) is 0 Å². The van der Waals surface area contributed by atoms with Gasteiger partial charge in [0.1, 0.15) is 0 Å². The second-order valence-corrected chi connectivity index (χ2v) is 6.51. The van der Waals surface area contributed by atoms with Crippen molar-refractivity contribution in [2.24, 2.45) is 0 Å². The summed E-state index contributed by atoms with van der Waals surface area (Å²) in [5, 5.41) is 21.8. The monoisotopic (exact) mass is 393 g/mol. The molecule has 0 atom stereocenters. The minimum atomic E-state index is -0.106. The number of benzene rings is 2. The largest absolute Gasteiger partial charge is 0.494 e. The summed E-state index contributed by atoms with van der Waals surface area (Å²) in [4.78, 5) is 0. The van der Waals surface area contributed by atoms with Gasteiger partial charge in [0, 0.05) is 27.2 Å². The Hall–Kier alpha value is -2.50. The molecule has 3 rings (SSSR count). The number of halogens is 2. The number of methoxy groups -OCH3 is 2. The maximum absolute atomic E-state index is 10.6. The molecule has 0 saturated carbocycles. The minimum absolute atomic E-state index is 0.0986. The van der Waals surface area contributed by atoms with E-state index in [-0.39, 0.29) is 18.3 Å². The number of aromatic nitrogens is 1. The van der Waals surface area contributed by atoms with Crippen LogP contribution >= 0.6 is 23.2 Å². The summed E-state index contributed by atoms with van der Waals surface area (Å²) in [6, 6.07) is 11.8. The van der Waals surface area contributed by atoms with Gasteiger partial charge in [0.15, 0.2) is 17.4 Å². The summed E-state index contributed by atoms with van der Waals surface area (Å²) in [5.41, 5.74) is 1.77. The molecular formula is C19H17Cl2NO4. The van der Waals surface area contributed by atoms with Crippen LogP contribution in [-0.2, 0) is 6.54 Å². The molecule has 1 heterocycles. The molecule has 2 aromatic carbocycles. The molecule has 2 N–H and O–H groups in total. The Morgan fingerprint density at radius 3 is 2.27 bits per heavy atom. The van der Waals surface area contributed by atoms with E-state index in [1.807, 2.05) is 12.1 Å². The zero-order valence-corrected chi connectivity index (χ0v) is 15.7. The molecule has 0 bridgehead atoms. The highest BCUT2D eigenvalue weighted by atomic mass is 35.5. The fourth-order valence-corrected chi connectivity index (χ4v) is 3.38. The second-order valence-electron chi connectivity index (χ2n) is 5.64. The van der Waals surface area contributed by atoms with Crippen LogP contribution in [0.1, 0.15) is 5.56 Å². The maximum Gasteiger partial charge on any atom is 0.202 e. The van der Waals surface area contributed by atoms with Crippen molar-refractivity contribution in [1.82, 2.24) is 4.57 Å². The molecule has 0 radical (unpaired) electrons. The van der Waals surface area contributed by atoms with E-state index in [2.05, 4.69) is 0 Å². The summed E-state index contributed by atoms with van der Waals surface area (Å²) < 4.78 is 12.1. The van der Waals surface area contributed by atoms with E-state index < -0.39 is 0 Å². The van der Waals surface area contributed by atoms with Crippen LogP contribution in [0, 0.1) is 0 Å². The van der Waals surface area contributed by atoms with Crippen molar-refractivity contribution in [3.8, 4) is 34.4 Å². The number of hydrogen-bond donors (Lipinski definition) is 2. The van der Waals surface area contributed by atoms with Crippen molar-refractivity contribution in [3.05, 3.63) is 58.1 Å². The molecule has 3 aromatic rings. The first-order chi connectivity index (χ1) is 12.4. The average Bonchev–Trinajstić information content (AvgIpc) is 2.88. The fraction of sp³-hybridized carbons (Fsp3) is 0.158. The number of rotatable bonds is 5. The number of para-hydroxylation sites is 1. The summed E-state index contributed by atoms with van der Waals surface area (Å²) in [6.45, 7) is 0.187. The fourth-order valence-electron chi connectivity index (χ4n) is 2.85. The normalized spacial score (nSPS) is 10.8. The Morgan fingerprint density at radius 1 is 0.962 bits per heavy atom. The lowest BCUT2D eigenvalue weighted by molar-refractivity contribution is 0.346. The smallest absolute Gasteiger partial charge is 0.202 e. The predicted octanol–water partition coefficient (Wildman–Crippen LogP) is 4.94. The molecule has 0 fully saturated rings. The second kappa shape index (κ2) is 7.40. The van der Waals surface area contributed by atoms with Crippen LogP contribution in [0.25, 0.3) is 11.1 Å². The molecule has 0 aliphatic rings. The molecule has 5 nitrogen and oxygen atoms in total.